The van der Waals surface area contributed by atoms with Crippen LogP contribution in [-0.2, 0) is 25.1 Å². The van der Waals surface area contributed by atoms with Crippen molar-refractivity contribution in [2.75, 3.05) is 14.2 Å². The minimum Gasteiger partial charge on any atom is -0.465 e. The number of carbonyl (C=O) groups excluding carboxylic acids is 1. The minimum absolute atomic E-state index is 0.0860. The first-order valence-corrected chi connectivity index (χ1v) is 6.86. The van der Waals surface area contributed by atoms with Crippen molar-refractivity contribution in [3.8, 4) is 0 Å². The molecular weight excluding hydrogens is 268 g/mol. The third kappa shape index (κ3) is 3.42. The van der Waals surface area contributed by atoms with E-state index < -0.39 is 15.0 Å². The second kappa shape index (κ2) is 5.48. The molecule has 0 aliphatic rings. The van der Waals surface area contributed by atoms with E-state index in [0.717, 1.165) is 0 Å². The van der Waals surface area contributed by atoms with Gasteiger partial charge in [-0.1, -0.05) is 6.07 Å². The lowest BCUT2D eigenvalue weighted by molar-refractivity contribution is 0.0600. The Kier molecular flexibility index (Phi) is 4.50. The van der Waals surface area contributed by atoms with E-state index in [0.29, 0.717) is 5.56 Å². The van der Waals surface area contributed by atoms with Crippen molar-refractivity contribution < 1.29 is 22.7 Å². The maximum atomic E-state index is 11.3. The van der Waals surface area contributed by atoms with Crippen LogP contribution in [0.5, 0.6) is 0 Å². The molecule has 0 fully saturated rings. The molecule has 0 unspecified atom stereocenters. The number of methoxy groups -OCH3 is 2. The molecule has 7 heteroatoms. The molecular formula is C10H11ClO5S. The van der Waals surface area contributed by atoms with Gasteiger partial charge in [0.2, 0.25) is 0 Å². The normalized spacial score (nSPS) is 11.2. The van der Waals surface area contributed by atoms with Gasteiger partial charge in [-0.25, -0.2) is 13.2 Å². The van der Waals surface area contributed by atoms with Crippen LogP contribution >= 0.6 is 10.7 Å². The molecule has 0 bridgehead atoms. The molecule has 5 nitrogen and oxygen atoms in total. The van der Waals surface area contributed by atoms with E-state index in [1.54, 1.807) is 0 Å². The summed E-state index contributed by atoms with van der Waals surface area (Å²) in [5.74, 6) is -0.629. The number of hydrogen-bond acceptors (Lipinski definition) is 5. The van der Waals surface area contributed by atoms with E-state index in [9.17, 15) is 13.2 Å². The summed E-state index contributed by atoms with van der Waals surface area (Å²) >= 11 is 0. The second-order valence-electron chi connectivity index (χ2n) is 3.18. The van der Waals surface area contributed by atoms with E-state index in [2.05, 4.69) is 4.74 Å². The lowest BCUT2D eigenvalue weighted by Crippen LogP contribution is -2.06. The molecule has 0 saturated heterocycles. The fraction of sp³-hybridized carbons (Fsp3) is 0.300. The number of hydrogen-bond donors (Lipinski definition) is 0. The van der Waals surface area contributed by atoms with Gasteiger partial charge in [-0.2, -0.15) is 0 Å². The summed E-state index contributed by atoms with van der Waals surface area (Å²) in [5.41, 5.74) is 0.502. The van der Waals surface area contributed by atoms with Gasteiger partial charge in [0.25, 0.3) is 9.05 Å². The lowest BCUT2D eigenvalue weighted by atomic mass is 10.1. The van der Waals surface area contributed by atoms with E-state index in [1.165, 1.54) is 32.4 Å². The average Bonchev–Trinajstić information content (AvgIpc) is 2.27. The van der Waals surface area contributed by atoms with E-state index in [4.69, 9.17) is 15.4 Å². The van der Waals surface area contributed by atoms with E-state index in [1.807, 2.05) is 0 Å². The van der Waals surface area contributed by atoms with Gasteiger partial charge in [0, 0.05) is 17.8 Å². The Bertz CT molecular complexity index is 523. The molecule has 0 saturated carbocycles. The van der Waals surface area contributed by atoms with E-state index in [-0.39, 0.29) is 17.1 Å². The van der Waals surface area contributed by atoms with Crippen LogP contribution in [0.25, 0.3) is 0 Å². The molecule has 0 aliphatic carbocycles. The number of benzene rings is 1. The van der Waals surface area contributed by atoms with Gasteiger partial charge in [0.1, 0.15) is 0 Å². The Morgan fingerprint density at radius 1 is 1.35 bits per heavy atom. The van der Waals surface area contributed by atoms with Crippen LogP contribution in [0.3, 0.4) is 0 Å². The Hall–Kier alpha value is -1.11. The predicted molar refractivity (Wildman–Crippen MR) is 61.5 cm³/mol. The molecule has 1 aromatic carbocycles. The van der Waals surface area contributed by atoms with Gasteiger partial charge in [-0.15, -0.1) is 0 Å². The fourth-order valence-electron chi connectivity index (χ4n) is 1.30. The number of ether oxygens (including phenoxy) is 2. The molecule has 0 amide bonds. The molecule has 0 N–H and O–H groups in total. The highest BCUT2D eigenvalue weighted by molar-refractivity contribution is 8.13. The SMILES string of the molecule is COCc1ccc(C(=O)OC)cc1S(=O)(=O)Cl. The first-order chi connectivity index (χ1) is 7.90. The first kappa shape index (κ1) is 14.0. The van der Waals surface area contributed by atoms with Crippen LogP contribution in [0.2, 0.25) is 0 Å². The zero-order valence-electron chi connectivity index (χ0n) is 9.27. The number of halogens is 1. The predicted octanol–water partition coefficient (Wildman–Crippen LogP) is 1.55. The first-order valence-electron chi connectivity index (χ1n) is 4.55. The van der Waals surface area contributed by atoms with Crippen molar-refractivity contribution >= 4 is 25.7 Å². The van der Waals surface area contributed by atoms with Crippen molar-refractivity contribution in [2.24, 2.45) is 0 Å². The van der Waals surface area contributed by atoms with Crippen LogP contribution < -0.4 is 0 Å². The van der Waals surface area contributed by atoms with Crippen molar-refractivity contribution in [1.29, 1.82) is 0 Å². The molecule has 17 heavy (non-hydrogen) atoms. The Morgan fingerprint density at radius 2 is 2.00 bits per heavy atom. The molecule has 0 aliphatic heterocycles. The van der Waals surface area contributed by atoms with Crippen LogP contribution in [0.1, 0.15) is 15.9 Å². The molecule has 0 atom stereocenters. The fourth-order valence-corrected chi connectivity index (χ4v) is 2.44. The maximum absolute atomic E-state index is 11.3. The summed E-state index contributed by atoms with van der Waals surface area (Å²) < 4.78 is 32.0. The van der Waals surface area contributed by atoms with Crippen molar-refractivity contribution in [1.82, 2.24) is 0 Å². The summed E-state index contributed by atoms with van der Waals surface area (Å²) in [6.07, 6.45) is 0. The molecule has 94 valence electrons. The highest BCUT2D eigenvalue weighted by Gasteiger charge is 2.18. The molecule has 0 spiro atoms. The Balaban J connectivity index is 3.34. The van der Waals surface area contributed by atoms with Gasteiger partial charge in [0.05, 0.1) is 24.2 Å². The lowest BCUT2D eigenvalue weighted by Gasteiger charge is -2.07. The standard InChI is InChI=1S/C10H11ClO5S/c1-15-6-8-4-3-7(10(12)16-2)5-9(8)17(11,13)14/h3-5H,6H2,1-2H3. The topological polar surface area (TPSA) is 69.7 Å². The number of carbonyl (C=O) groups is 1. The quantitative estimate of drug-likeness (QED) is 0.617. The highest BCUT2D eigenvalue weighted by Crippen LogP contribution is 2.22. The second-order valence-corrected chi connectivity index (χ2v) is 5.72. The summed E-state index contributed by atoms with van der Waals surface area (Å²) in [7, 11) is 3.99. The zero-order chi connectivity index (χ0) is 13.1. The third-order valence-electron chi connectivity index (χ3n) is 2.05. The summed E-state index contributed by atoms with van der Waals surface area (Å²) in [4.78, 5) is 11.1. The summed E-state index contributed by atoms with van der Waals surface area (Å²) in [5, 5.41) is 0. The zero-order valence-corrected chi connectivity index (χ0v) is 10.8. The highest BCUT2D eigenvalue weighted by atomic mass is 35.7. The molecule has 1 aromatic rings. The van der Waals surface area contributed by atoms with Gasteiger partial charge in [-0.05, 0) is 17.7 Å². The Labute approximate surface area is 104 Å². The number of rotatable bonds is 4. The summed E-state index contributed by atoms with van der Waals surface area (Å²) in [6.45, 7) is 0.0860. The van der Waals surface area contributed by atoms with Gasteiger partial charge in [-0.3, -0.25) is 0 Å². The smallest absolute Gasteiger partial charge is 0.337 e. The van der Waals surface area contributed by atoms with Crippen LogP contribution in [0.15, 0.2) is 23.1 Å². The summed E-state index contributed by atoms with van der Waals surface area (Å²) in [6, 6.07) is 4.08. The largest absolute Gasteiger partial charge is 0.465 e. The van der Waals surface area contributed by atoms with Crippen LogP contribution in [-0.4, -0.2) is 28.6 Å². The number of esters is 1. The van der Waals surface area contributed by atoms with Gasteiger partial charge in [0.15, 0.2) is 0 Å². The van der Waals surface area contributed by atoms with Crippen molar-refractivity contribution in [2.45, 2.75) is 11.5 Å². The molecule has 0 aromatic heterocycles. The maximum Gasteiger partial charge on any atom is 0.337 e. The molecule has 0 radical (unpaired) electrons. The molecule has 0 heterocycles. The molecule has 1 rings (SSSR count). The van der Waals surface area contributed by atoms with E-state index >= 15 is 0 Å². The van der Waals surface area contributed by atoms with Crippen molar-refractivity contribution in [3.63, 3.8) is 0 Å². The average molecular weight is 279 g/mol. The van der Waals surface area contributed by atoms with Crippen molar-refractivity contribution in [3.05, 3.63) is 29.3 Å². The third-order valence-corrected chi connectivity index (χ3v) is 3.45. The Morgan fingerprint density at radius 3 is 2.47 bits per heavy atom. The minimum atomic E-state index is -3.94. The van der Waals surface area contributed by atoms with Crippen LogP contribution in [0.4, 0.5) is 0 Å². The van der Waals surface area contributed by atoms with Gasteiger partial charge >= 0.3 is 5.97 Å². The van der Waals surface area contributed by atoms with Crippen LogP contribution in [0, 0.1) is 0 Å². The monoisotopic (exact) mass is 278 g/mol. The van der Waals surface area contributed by atoms with Gasteiger partial charge < -0.3 is 9.47 Å².